The van der Waals surface area contributed by atoms with Crippen molar-refractivity contribution >= 4 is 17.4 Å². The maximum absolute atomic E-state index is 13.7. The van der Waals surface area contributed by atoms with Crippen LogP contribution in [0.15, 0.2) is 48.5 Å². The van der Waals surface area contributed by atoms with E-state index in [-0.39, 0.29) is 11.8 Å². The average Bonchev–Trinajstić information content (AvgIpc) is 2.67. The number of nitrogens with zero attached hydrogens (tertiary/aromatic N) is 2. The van der Waals surface area contributed by atoms with Gasteiger partial charge in [0, 0.05) is 11.8 Å². The number of hydrogen-bond acceptors (Lipinski definition) is 5. The van der Waals surface area contributed by atoms with Gasteiger partial charge in [0.1, 0.15) is 5.75 Å². The maximum atomic E-state index is 13.7. The SMILES string of the molecule is COc1cccc(NC(=O)Nc2c(C)nc(Oc3ccccc3F)nc2C)c1. The van der Waals surface area contributed by atoms with E-state index in [9.17, 15) is 9.18 Å². The summed E-state index contributed by atoms with van der Waals surface area (Å²) in [5.74, 6) is 0.141. The molecule has 3 aromatic rings. The summed E-state index contributed by atoms with van der Waals surface area (Å²) in [7, 11) is 1.55. The third-order valence-electron chi connectivity index (χ3n) is 3.85. The average molecular weight is 382 g/mol. The van der Waals surface area contributed by atoms with Crippen LogP contribution in [0.5, 0.6) is 17.5 Å². The first-order chi connectivity index (χ1) is 13.5. The molecule has 3 rings (SSSR count). The highest BCUT2D eigenvalue weighted by Gasteiger charge is 2.14. The highest BCUT2D eigenvalue weighted by molar-refractivity contribution is 6.00. The molecular formula is C20H19FN4O3. The van der Waals surface area contributed by atoms with Gasteiger partial charge in [-0.25, -0.2) is 9.18 Å². The smallest absolute Gasteiger partial charge is 0.323 e. The number of benzene rings is 2. The van der Waals surface area contributed by atoms with Crippen LogP contribution in [-0.4, -0.2) is 23.1 Å². The van der Waals surface area contributed by atoms with E-state index < -0.39 is 11.8 Å². The first kappa shape index (κ1) is 19.1. The number of carbonyl (C=O) groups excluding carboxylic acids is 1. The Bertz CT molecular complexity index is 987. The second-order valence-electron chi connectivity index (χ2n) is 5.90. The number of carbonyl (C=O) groups is 1. The molecule has 0 aliphatic carbocycles. The molecule has 2 N–H and O–H groups in total. The number of halogens is 1. The zero-order valence-corrected chi connectivity index (χ0v) is 15.6. The summed E-state index contributed by atoms with van der Waals surface area (Å²) in [6.07, 6.45) is 0. The highest BCUT2D eigenvalue weighted by Crippen LogP contribution is 2.25. The standard InChI is InChI=1S/C20H19FN4O3/c1-12-18(25-19(26)24-14-7-6-8-15(11-14)27-3)13(2)23-20(22-12)28-17-10-5-4-9-16(17)21/h4-11H,1-3H3,(H2,24,25,26). The first-order valence-corrected chi connectivity index (χ1v) is 8.46. The number of nitrogens with one attached hydrogen (secondary N) is 2. The van der Waals surface area contributed by atoms with E-state index in [0.717, 1.165) is 0 Å². The molecule has 8 heteroatoms. The Morgan fingerprint density at radius 1 is 1.00 bits per heavy atom. The Morgan fingerprint density at radius 3 is 2.39 bits per heavy atom. The molecule has 0 saturated carbocycles. The van der Waals surface area contributed by atoms with Crippen molar-refractivity contribution in [3.8, 4) is 17.5 Å². The number of methoxy groups -OCH3 is 1. The van der Waals surface area contributed by atoms with Crippen molar-refractivity contribution in [3.63, 3.8) is 0 Å². The number of para-hydroxylation sites is 1. The van der Waals surface area contributed by atoms with Crippen LogP contribution in [0.3, 0.4) is 0 Å². The van der Waals surface area contributed by atoms with Crippen LogP contribution < -0.4 is 20.1 Å². The zero-order chi connectivity index (χ0) is 20.1. The van der Waals surface area contributed by atoms with Crippen molar-refractivity contribution in [3.05, 3.63) is 65.7 Å². The van der Waals surface area contributed by atoms with Gasteiger partial charge in [0.05, 0.1) is 24.2 Å². The molecular weight excluding hydrogens is 363 g/mol. The fraction of sp³-hybridized carbons (Fsp3) is 0.150. The summed E-state index contributed by atoms with van der Waals surface area (Å²) in [4.78, 5) is 20.7. The lowest BCUT2D eigenvalue weighted by Gasteiger charge is -2.13. The molecule has 0 bridgehead atoms. The predicted molar refractivity (Wildman–Crippen MR) is 104 cm³/mol. The topological polar surface area (TPSA) is 85.4 Å². The van der Waals surface area contributed by atoms with E-state index in [1.807, 2.05) is 0 Å². The van der Waals surface area contributed by atoms with Crippen molar-refractivity contribution in [1.82, 2.24) is 9.97 Å². The number of aryl methyl sites for hydroxylation is 2. The van der Waals surface area contributed by atoms with Gasteiger partial charge in [-0.1, -0.05) is 18.2 Å². The van der Waals surface area contributed by atoms with Gasteiger partial charge in [-0.05, 0) is 38.1 Å². The van der Waals surface area contributed by atoms with E-state index in [1.165, 1.54) is 12.1 Å². The van der Waals surface area contributed by atoms with Crippen molar-refractivity contribution in [2.24, 2.45) is 0 Å². The van der Waals surface area contributed by atoms with Gasteiger partial charge in [-0.2, -0.15) is 9.97 Å². The largest absolute Gasteiger partial charge is 0.497 e. The highest BCUT2D eigenvalue weighted by atomic mass is 19.1. The van der Waals surface area contributed by atoms with Gasteiger partial charge in [-0.15, -0.1) is 0 Å². The van der Waals surface area contributed by atoms with Crippen LogP contribution >= 0.6 is 0 Å². The van der Waals surface area contributed by atoms with E-state index in [0.29, 0.717) is 28.5 Å². The van der Waals surface area contributed by atoms with Gasteiger partial charge in [0.2, 0.25) is 0 Å². The number of anilines is 2. The second kappa shape index (κ2) is 8.34. The fourth-order valence-corrected chi connectivity index (χ4v) is 2.51. The Labute approximate surface area is 161 Å². The molecule has 0 aliphatic heterocycles. The molecule has 0 unspecified atom stereocenters. The molecule has 0 atom stereocenters. The number of urea groups is 1. The molecule has 28 heavy (non-hydrogen) atoms. The molecule has 2 aromatic carbocycles. The first-order valence-electron chi connectivity index (χ1n) is 8.46. The summed E-state index contributed by atoms with van der Waals surface area (Å²) in [5, 5.41) is 5.44. The Kier molecular flexibility index (Phi) is 5.69. The van der Waals surface area contributed by atoms with Crippen molar-refractivity contribution in [2.75, 3.05) is 17.7 Å². The number of hydrogen-bond donors (Lipinski definition) is 2. The molecule has 144 valence electrons. The van der Waals surface area contributed by atoms with Gasteiger partial charge >= 0.3 is 12.0 Å². The molecule has 2 amide bonds. The molecule has 1 heterocycles. The minimum atomic E-state index is -0.513. The molecule has 7 nitrogen and oxygen atoms in total. The third-order valence-corrected chi connectivity index (χ3v) is 3.85. The van der Waals surface area contributed by atoms with Crippen molar-refractivity contribution in [2.45, 2.75) is 13.8 Å². The lowest BCUT2D eigenvalue weighted by molar-refractivity contribution is 0.262. The molecule has 0 fully saturated rings. The van der Waals surface area contributed by atoms with Crippen LogP contribution in [0.4, 0.5) is 20.6 Å². The number of amides is 2. The van der Waals surface area contributed by atoms with Crippen molar-refractivity contribution < 1.29 is 18.7 Å². The minimum Gasteiger partial charge on any atom is -0.497 e. The maximum Gasteiger partial charge on any atom is 0.323 e. The summed E-state index contributed by atoms with van der Waals surface area (Å²) < 4.78 is 24.3. The van der Waals surface area contributed by atoms with E-state index in [2.05, 4.69) is 20.6 Å². The van der Waals surface area contributed by atoms with Crippen LogP contribution in [0, 0.1) is 19.7 Å². The van der Waals surface area contributed by atoms with Crippen molar-refractivity contribution in [1.29, 1.82) is 0 Å². The Morgan fingerprint density at radius 2 is 1.71 bits per heavy atom. The van der Waals surface area contributed by atoms with Crippen LogP contribution in [0.25, 0.3) is 0 Å². The Hall–Kier alpha value is -3.68. The van der Waals surface area contributed by atoms with E-state index >= 15 is 0 Å². The summed E-state index contributed by atoms with van der Waals surface area (Å²) in [5.41, 5.74) is 1.99. The minimum absolute atomic E-state index is 0.00106. The predicted octanol–water partition coefficient (Wildman–Crippen LogP) is 4.68. The fourth-order valence-electron chi connectivity index (χ4n) is 2.51. The van der Waals surface area contributed by atoms with Gasteiger partial charge in [0.25, 0.3) is 0 Å². The zero-order valence-electron chi connectivity index (χ0n) is 15.6. The summed E-state index contributed by atoms with van der Waals surface area (Å²) in [6, 6.07) is 12.5. The normalized spacial score (nSPS) is 10.3. The monoisotopic (exact) mass is 382 g/mol. The van der Waals surface area contributed by atoms with Gasteiger partial charge < -0.3 is 20.1 Å². The van der Waals surface area contributed by atoms with Crippen LogP contribution in [0.2, 0.25) is 0 Å². The van der Waals surface area contributed by atoms with Gasteiger partial charge in [-0.3, -0.25) is 0 Å². The Balaban J connectivity index is 1.73. The number of rotatable bonds is 5. The van der Waals surface area contributed by atoms with Gasteiger partial charge in [0.15, 0.2) is 11.6 Å². The number of ether oxygens (including phenoxy) is 2. The molecule has 0 aliphatic rings. The molecule has 0 radical (unpaired) electrons. The molecule has 0 saturated heterocycles. The summed E-state index contributed by atoms with van der Waals surface area (Å²) in [6.45, 7) is 3.40. The molecule has 0 spiro atoms. The van der Waals surface area contributed by atoms with E-state index in [4.69, 9.17) is 9.47 Å². The lowest BCUT2D eigenvalue weighted by Crippen LogP contribution is -2.21. The summed E-state index contributed by atoms with van der Waals surface area (Å²) >= 11 is 0. The van der Waals surface area contributed by atoms with Crippen LogP contribution in [0.1, 0.15) is 11.4 Å². The van der Waals surface area contributed by atoms with Crippen LogP contribution in [-0.2, 0) is 0 Å². The lowest BCUT2D eigenvalue weighted by atomic mass is 10.3. The van der Waals surface area contributed by atoms with E-state index in [1.54, 1.807) is 57.4 Å². The second-order valence-corrected chi connectivity index (χ2v) is 5.90. The number of aromatic nitrogens is 2. The third kappa shape index (κ3) is 4.53. The molecule has 1 aromatic heterocycles. The quantitative estimate of drug-likeness (QED) is 0.669.